The van der Waals surface area contributed by atoms with Crippen LogP contribution in [0.25, 0.3) is 82.4 Å². The van der Waals surface area contributed by atoms with E-state index in [1.54, 1.807) is 0 Å². The van der Waals surface area contributed by atoms with E-state index in [-0.39, 0.29) is 0 Å². The molecule has 0 N–H and O–H groups in total. The van der Waals surface area contributed by atoms with Crippen LogP contribution < -0.4 is 0 Å². The lowest BCUT2D eigenvalue weighted by Crippen LogP contribution is -1.93. The number of fused-ring (bicyclic) bond motifs is 6. The number of hydrogen-bond acceptors (Lipinski definition) is 1. The highest BCUT2D eigenvalue weighted by Gasteiger charge is 2.19. The maximum absolute atomic E-state index is 2.39. The van der Waals surface area contributed by atoms with Crippen molar-refractivity contribution < 1.29 is 0 Å². The average molecular weight is 602 g/mol. The smallest absolute Gasteiger partial charge is 0.0547 e. The van der Waals surface area contributed by atoms with Crippen molar-refractivity contribution in [2.45, 2.75) is 9.79 Å². The molecule has 0 bridgehead atoms. The van der Waals surface area contributed by atoms with Crippen molar-refractivity contribution in [3.63, 3.8) is 0 Å². The van der Waals surface area contributed by atoms with Crippen LogP contribution in [0.15, 0.2) is 174 Å². The third-order valence-electron chi connectivity index (χ3n) is 9.55. The van der Waals surface area contributed by atoms with Crippen molar-refractivity contribution in [1.29, 1.82) is 0 Å². The Bertz CT molecular complexity index is 2640. The van der Waals surface area contributed by atoms with Gasteiger partial charge in [0.25, 0.3) is 0 Å². The van der Waals surface area contributed by atoms with E-state index in [1.165, 1.54) is 92.2 Å². The van der Waals surface area contributed by atoms with E-state index in [0.29, 0.717) is 0 Å². The second kappa shape index (κ2) is 9.97. The molecule has 0 radical (unpaired) electrons. The second-order valence-electron chi connectivity index (χ2n) is 12.2. The molecule has 0 spiro atoms. The highest BCUT2D eigenvalue weighted by molar-refractivity contribution is 7.99. The molecule has 1 nitrogen and oxygen atoms in total. The first-order valence-corrected chi connectivity index (χ1v) is 16.6. The van der Waals surface area contributed by atoms with Crippen molar-refractivity contribution in [3.8, 4) is 39.1 Å². The average Bonchev–Trinajstić information content (AvgIpc) is 3.44. The quantitative estimate of drug-likeness (QED) is 0.195. The summed E-state index contributed by atoms with van der Waals surface area (Å²) in [5, 5.41) is 7.74. The van der Waals surface area contributed by atoms with E-state index < -0.39 is 0 Å². The SMILES string of the molecule is c1ccc(-n2c3ccccc3c3cc4ccc(-c5ccc(-c6ccc7c(c6)-c6cccc8cccc(c68)S7)cc5)cc4cc32)cc1. The van der Waals surface area contributed by atoms with E-state index in [0.717, 1.165) is 0 Å². The Balaban J connectivity index is 1.05. The third-order valence-corrected chi connectivity index (χ3v) is 10.7. The molecule has 2 heterocycles. The predicted molar refractivity (Wildman–Crippen MR) is 196 cm³/mol. The fourth-order valence-corrected chi connectivity index (χ4v) is 8.47. The van der Waals surface area contributed by atoms with Gasteiger partial charge in [-0.15, -0.1) is 0 Å². The van der Waals surface area contributed by atoms with Crippen LogP contribution in [-0.2, 0) is 0 Å². The summed E-state index contributed by atoms with van der Waals surface area (Å²) in [7, 11) is 0. The number of benzene rings is 8. The Labute approximate surface area is 271 Å². The van der Waals surface area contributed by atoms with Gasteiger partial charge in [0.2, 0.25) is 0 Å². The summed E-state index contributed by atoms with van der Waals surface area (Å²) >= 11 is 1.88. The molecule has 0 unspecified atom stereocenters. The standard InChI is InChI=1S/C44H27NS/c1-2-10-35(11-3-1)45-40-14-5-4-12-36(40)38-25-33-21-20-31(24-34(33)27-41(38)45)28-16-18-29(19-17-28)32-22-23-42-39(26-32)37-13-6-8-30-9-7-15-43(46-42)44(30)37/h1-27H. The van der Waals surface area contributed by atoms with Gasteiger partial charge in [-0.3, -0.25) is 0 Å². The minimum Gasteiger partial charge on any atom is -0.309 e. The Morgan fingerprint density at radius 2 is 1.09 bits per heavy atom. The molecule has 10 rings (SSSR count). The zero-order valence-electron chi connectivity index (χ0n) is 24.9. The zero-order valence-corrected chi connectivity index (χ0v) is 25.8. The van der Waals surface area contributed by atoms with E-state index >= 15 is 0 Å². The molecular formula is C44H27NS. The maximum atomic E-state index is 2.39. The minimum atomic E-state index is 1.18. The molecule has 0 saturated heterocycles. The largest absolute Gasteiger partial charge is 0.309 e. The van der Waals surface area contributed by atoms with Crippen molar-refractivity contribution >= 4 is 55.1 Å². The predicted octanol–water partition coefficient (Wildman–Crippen LogP) is 12.6. The molecule has 0 saturated carbocycles. The Morgan fingerprint density at radius 3 is 1.93 bits per heavy atom. The molecule has 1 aromatic heterocycles. The van der Waals surface area contributed by atoms with Crippen LogP contribution in [0.1, 0.15) is 0 Å². The molecule has 0 atom stereocenters. The summed E-state index contributed by atoms with van der Waals surface area (Å²) in [4.78, 5) is 2.67. The van der Waals surface area contributed by atoms with Crippen molar-refractivity contribution in [3.05, 3.63) is 164 Å². The van der Waals surface area contributed by atoms with Gasteiger partial charge in [-0.1, -0.05) is 121 Å². The first kappa shape index (κ1) is 25.7. The van der Waals surface area contributed by atoms with Gasteiger partial charge in [0.1, 0.15) is 0 Å². The maximum Gasteiger partial charge on any atom is 0.0547 e. The Kier molecular flexibility index (Phi) is 5.58. The molecule has 1 aliphatic heterocycles. The van der Waals surface area contributed by atoms with Crippen molar-refractivity contribution in [2.75, 3.05) is 0 Å². The highest BCUT2D eigenvalue weighted by atomic mass is 32.2. The van der Waals surface area contributed by atoms with Crippen LogP contribution >= 0.6 is 11.8 Å². The van der Waals surface area contributed by atoms with Crippen LogP contribution in [0.4, 0.5) is 0 Å². The van der Waals surface area contributed by atoms with E-state index in [1.807, 2.05) is 11.8 Å². The Hall–Kier alpha value is -5.57. The molecule has 2 heteroatoms. The van der Waals surface area contributed by atoms with Crippen LogP contribution in [0.5, 0.6) is 0 Å². The Morgan fingerprint density at radius 1 is 0.370 bits per heavy atom. The van der Waals surface area contributed by atoms with Crippen LogP contribution in [0, 0.1) is 0 Å². The normalized spacial score (nSPS) is 12.3. The molecular weight excluding hydrogens is 575 g/mol. The lowest BCUT2D eigenvalue weighted by Gasteiger charge is -2.21. The number of rotatable bonds is 3. The van der Waals surface area contributed by atoms with Gasteiger partial charge in [-0.2, -0.15) is 0 Å². The second-order valence-corrected chi connectivity index (χ2v) is 13.3. The van der Waals surface area contributed by atoms with Gasteiger partial charge >= 0.3 is 0 Å². The van der Waals surface area contributed by atoms with Gasteiger partial charge in [-0.25, -0.2) is 0 Å². The topological polar surface area (TPSA) is 4.93 Å². The zero-order chi connectivity index (χ0) is 30.2. The highest BCUT2D eigenvalue weighted by Crippen LogP contribution is 2.48. The van der Waals surface area contributed by atoms with Gasteiger partial charge in [0.05, 0.1) is 11.0 Å². The van der Waals surface area contributed by atoms with Gasteiger partial charge in [-0.05, 0) is 104 Å². The number of hydrogen-bond donors (Lipinski definition) is 0. The summed E-state index contributed by atoms with van der Waals surface area (Å²) in [5.74, 6) is 0. The summed E-state index contributed by atoms with van der Waals surface area (Å²) in [6.45, 7) is 0. The molecule has 9 aromatic rings. The number of nitrogens with zero attached hydrogens (tertiary/aromatic N) is 1. The fourth-order valence-electron chi connectivity index (χ4n) is 7.35. The minimum absolute atomic E-state index is 1.18. The molecule has 46 heavy (non-hydrogen) atoms. The van der Waals surface area contributed by atoms with E-state index in [4.69, 9.17) is 0 Å². The summed E-state index contributed by atoms with van der Waals surface area (Å²) in [6, 6.07) is 60.3. The fraction of sp³-hybridized carbons (Fsp3) is 0. The van der Waals surface area contributed by atoms with Crippen LogP contribution in [-0.4, -0.2) is 4.57 Å². The lowest BCUT2D eigenvalue weighted by atomic mass is 9.93. The van der Waals surface area contributed by atoms with E-state index in [2.05, 4.69) is 168 Å². The van der Waals surface area contributed by atoms with Crippen LogP contribution in [0.3, 0.4) is 0 Å². The molecule has 8 aromatic carbocycles. The first-order valence-electron chi connectivity index (χ1n) is 15.8. The molecule has 0 amide bonds. The van der Waals surface area contributed by atoms with Gasteiger partial charge in [0.15, 0.2) is 0 Å². The lowest BCUT2D eigenvalue weighted by molar-refractivity contribution is 1.18. The molecule has 1 aliphatic rings. The van der Waals surface area contributed by atoms with Crippen molar-refractivity contribution in [1.82, 2.24) is 4.57 Å². The summed E-state index contributed by atoms with van der Waals surface area (Å²) in [5.41, 5.74) is 11.2. The van der Waals surface area contributed by atoms with E-state index in [9.17, 15) is 0 Å². The van der Waals surface area contributed by atoms with Crippen molar-refractivity contribution in [2.24, 2.45) is 0 Å². The summed E-state index contributed by atoms with van der Waals surface area (Å²) in [6.07, 6.45) is 0. The third kappa shape index (κ3) is 3.90. The van der Waals surface area contributed by atoms with Gasteiger partial charge < -0.3 is 4.57 Å². The molecule has 0 fully saturated rings. The number of aromatic nitrogens is 1. The number of para-hydroxylation sites is 2. The molecule has 0 aliphatic carbocycles. The van der Waals surface area contributed by atoms with Crippen LogP contribution in [0.2, 0.25) is 0 Å². The molecule has 214 valence electrons. The monoisotopic (exact) mass is 601 g/mol. The first-order chi connectivity index (χ1) is 22.8. The van der Waals surface area contributed by atoms with Gasteiger partial charge in [0, 0.05) is 31.6 Å². The summed E-state index contributed by atoms with van der Waals surface area (Å²) < 4.78 is 2.39.